The molecule has 2 aliphatic carbocycles. The predicted molar refractivity (Wildman–Crippen MR) is 53.9 cm³/mol. The maximum absolute atomic E-state index is 11.2. The van der Waals surface area contributed by atoms with E-state index in [1.54, 1.807) is 0 Å². The zero-order valence-electron chi connectivity index (χ0n) is 8.54. The number of nitrogens with two attached hydrogens (primary N) is 1. The molecule has 80 valence electrons. The number of fused-ring (bicyclic) bond motifs is 1. The summed E-state index contributed by atoms with van der Waals surface area (Å²) in [7, 11) is 0. The summed E-state index contributed by atoms with van der Waals surface area (Å²) < 4.78 is 0. The van der Waals surface area contributed by atoms with E-state index in [4.69, 9.17) is 5.73 Å². The van der Waals surface area contributed by atoms with E-state index in [-0.39, 0.29) is 5.92 Å². The quantitative estimate of drug-likeness (QED) is 0.673. The Morgan fingerprint density at radius 1 is 1.21 bits per heavy atom. The number of aliphatic carboxylic acids is 1. The van der Waals surface area contributed by atoms with Crippen LogP contribution in [0.3, 0.4) is 0 Å². The van der Waals surface area contributed by atoms with Crippen LogP contribution in [-0.2, 0) is 4.79 Å². The smallest absolute Gasteiger partial charge is 0.323 e. The van der Waals surface area contributed by atoms with Crippen LogP contribution in [0.25, 0.3) is 0 Å². The summed E-state index contributed by atoms with van der Waals surface area (Å²) in [6.07, 6.45) is 7.49. The van der Waals surface area contributed by atoms with Crippen LogP contribution in [0.15, 0.2) is 0 Å². The van der Waals surface area contributed by atoms with Crippen LogP contribution in [-0.4, -0.2) is 16.6 Å². The van der Waals surface area contributed by atoms with Crippen molar-refractivity contribution in [2.24, 2.45) is 17.6 Å². The molecular weight excluding hydrogens is 178 g/mol. The van der Waals surface area contributed by atoms with Gasteiger partial charge in [-0.15, -0.1) is 0 Å². The first-order valence-electron chi connectivity index (χ1n) is 5.67. The third-order valence-corrected chi connectivity index (χ3v) is 4.13. The number of hydrogen-bond acceptors (Lipinski definition) is 2. The van der Waals surface area contributed by atoms with Gasteiger partial charge in [-0.3, -0.25) is 4.79 Å². The fourth-order valence-corrected chi connectivity index (χ4v) is 3.34. The van der Waals surface area contributed by atoms with Gasteiger partial charge in [-0.25, -0.2) is 0 Å². The van der Waals surface area contributed by atoms with E-state index in [0.29, 0.717) is 12.3 Å². The molecule has 2 rings (SSSR count). The largest absolute Gasteiger partial charge is 0.480 e. The molecule has 0 spiro atoms. The maximum Gasteiger partial charge on any atom is 0.323 e. The Morgan fingerprint density at radius 3 is 2.57 bits per heavy atom. The zero-order valence-corrected chi connectivity index (χ0v) is 8.54. The van der Waals surface area contributed by atoms with Gasteiger partial charge in [0, 0.05) is 0 Å². The predicted octanol–water partition coefficient (Wildman–Crippen LogP) is 1.76. The van der Waals surface area contributed by atoms with Gasteiger partial charge >= 0.3 is 5.97 Å². The number of carboxylic acid groups (broad SMARTS) is 1. The average Bonchev–Trinajstić information content (AvgIpc) is 2.18. The van der Waals surface area contributed by atoms with Crippen molar-refractivity contribution in [3.05, 3.63) is 0 Å². The molecule has 2 aliphatic rings. The monoisotopic (exact) mass is 197 g/mol. The molecule has 14 heavy (non-hydrogen) atoms. The van der Waals surface area contributed by atoms with Crippen molar-refractivity contribution >= 4 is 5.97 Å². The Morgan fingerprint density at radius 2 is 1.86 bits per heavy atom. The normalized spacial score (nSPS) is 42.9. The molecule has 0 saturated heterocycles. The first-order chi connectivity index (χ1) is 6.64. The molecule has 3 N–H and O–H groups in total. The highest BCUT2D eigenvalue weighted by molar-refractivity contribution is 5.79. The second-order valence-corrected chi connectivity index (χ2v) is 4.89. The highest BCUT2D eigenvalue weighted by Crippen LogP contribution is 2.44. The minimum atomic E-state index is -0.913. The highest BCUT2D eigenvalue weighted by atomic mass is 16.4. The van der Waals surface area contributed by atoms with E-state index < -0.39 is 11.5 Å². The third-order valence-electron chi connectivity index (χ3n) is 4.13. The molecule has 3 heteroatoms. The maximum atomic E-state index is 11.2. The minimum Gasteiger partial charge on any atom is -0.480 e. The highest BCUT2D eigenvalue weighted by Gasteiger charge is 2.48. The van der Waals surface area contributed by atoms with Crippen LogP contribution >= 0.6 is 0 Å². The Balaban J connectivity index is 2.20. The minimum absolute atomic E-state index is 0.238. The van der Waals surface area contributed by atoms with Crippen molar-refractivity contribution in [2.75, 3.05) is 0 Å². The Labute approximate surface area is 84.7 Å². The van der Waals surface area contributed by atoms with E-state index >= 15 is 0 Å². The van der Waals surface area contributed by atoms with E-state index in [2.05, 4.69) is 0 Å². The van der Waals surface area contributed by atoms with Crippen molar-refractivity contribution in [2.45, 2.75) is 50.5 Å². The van der Waals surface area contributed by atoms with Gasteiger partial charge < -0.3 is 10.8 Å². The summed E-state index contributed by atoms with van der Waals surface area (Å²) in [5, 5.41) is 9.21. The van der Waals surface area contributed by atoms with Gasteiger partial charge in [-0.2, -0.15) is 0 Å². The van der Waals surface area contributed by atoms with Crippen LogP contribution in [0.5, 0.6) is 0 Å². The second-order valence-electron chi connectivity index (χ2n) is 4.89. The molecule has 2 fully saturated rings. The molecule has 0 aliphatic heterocycles. The van der Waals surface area contributed by atoms with Crippen molar-refractivity contribution in [3.8, 4) is 0 Å². The summed E-state index contributed by atoms with van der Waals surface area (Å²) >= 11 is 0. The van der Waals surface area contributed by atoms with Crippen LogP contribution in [0.1, 0.15) is 44.9 Å². The van der Waals surface area contributed by atoms with E-state index in [1.807, 2.05) is 0 Å². The van der Waals surface area contributed by atoms with Crippen molar-refractivity contribution < 1.29 is 9.90 Å². The summed E-state index contributed by atoms with van der Waals surface area (Å²) in [5.74, 6) is 0.0372. The molecule has 0 aromatic rings. The van der Waals surface area contributed by atoms with Crippen molar-refractivity contribution in [1.82, 2.24) is 0 Å². The Kier molecular flexibility index (Phi) is 2.52. The van der Waals surface area contributed by atoms with Gasteiger partial charge in [0.1, 0.15) is 5.54 Å². The first-order valence-corrected chi connectivity index (χ1v) is 5.67. The fraction of sp³-hybridized carbons (Fsp3) is 0.909. The van der Waals surface area contributed by atoms with E-state index in [1.165, 1.54) is 19.3 Å². The topological polar surface area (TPSA) is 63.3 Å². The standard InChI is InChI=1S/C11H19NO2/c12-11(10(13)14)7-3-5-8-4-1-2-6-9(8)11/h8-9H,1-7,12H2,(H,13,14)/t8-,9-,11-/m1/s1. The zero-order chi connectivity index (χ0) is 10.2. The van der Waals surface area contributed by atoms with Gasteiger partial charge in [0.15, 0.2) is 0 Å². The number of carbonyl (C=O) groups is 1. The van der Waals surface area contributed by atoms with Gasteiger partial charge in [0.2, 0.25) is 0 Å². The fourth-order valence-electron chi connectivity index (χ4n) is 3.34. The molecule has 0 bridgehead atoms. The molecule has 3 nitrogen and oxygen atoms in total. The van der Waals surface area contributed by atoms with Crippen LogP contribution < -0.4 is 5.73 Å². The molecule has 0 aromatic heterocycles. The molecule has 0 aromatic carbocycles. The van der Waals surface area contributed by atoms with Crippen molar-refractivity contribution in [1.29, 1.82) is 0 Å². The van der Waals surface area contributed by atoms with Gasteiger partial charge in [-0.05, 0) is 24.7 Å². The molecule has 3 atom stereocenters. The lowest BCUT2D eigenvalue weighted by Crippen LogP contribution is -2.58. The molecule has 0 heterocycles. The van der Waals surface area contributed by atoms with Gasteiger partial charge in [0.25, 0.3) is 0 Å². The molecular formula is C11H19NO2. The summed E-state index contributed by atoms with van der Waals surface area (Å²) in [5.41, 5.74) is 5.14. The van der Waals surface area contributed by atoms with Crippen LogP contribution in [0.2, 0.25) is 0 Å². The van der Waals surface area contributed by atoms with E-state index in [9.17, 15) is 9.90 Å². The molecule has 0 amide bonds. The van der Waals surface area contributed by atoms with Crippen LogP contribution in [0.4, 0.5) is 0 Å². The summed E-state index contributed by atoms with van der Waals surface area (Å²) in [6, 6.07) is 0. The van der Waals surface area contributed by atoms with Gasteiger partial charge in [-0.1, -0.05) is 32.1 Å². The Hall–Kier alpha value is -0.570. The molecule has 0 unspecified atom stereocenters. The Bertz CT molecular complexity index is 239. The van der Waals surface area contributed by atoms with Crippen molar-refractivity contribution in [3.63, 3.8) is 0 Å². The van der Waals surface area contributed by atoms with Gasteiger partial charge in [0.05, 0.1) is 0 Å². The van der Waals surface area contributed by atoms with E-state index in [0.717, 1.165) is 19.3 Å². The average molecular weight is 197 g/mol. The lowest BCUT2D eigenvalue weighted by Gasteiger charge is -2.45. The first kappa shape index (κ1) is 9.97. The summed E-state index contributed by atoms with van der Waals surface area (Å²) in [6.45, 7) is 0. The SMILES string of the molecule is N[C@]1(C(=O)O)CCC[C@H]2CCCC[C@H]21. The number of hydrogen-bond donors (Lipinski definition) is 2. The van der Waals surface area contributed by atoms with Crippen LogP contribution in [0, 0.1) is 11.8 Å². The summed E-state index contributed by atoms with van der Waals surface area (Å²) in [4.78, 5) is 11.2. The lowest BCUT2D eigenvalue weighted by atomic mass is 9.62. The number of rotatable bonds is 1. The lowest BCUT2D eigenvalue weighted by molar-refractivity contribution is -0.149. The second kappa shape index (κ2) is 3.54. The molecule has 2 saturated carbocycles. The molecule has 0 radical (unpaired) electrons. The third kappa shape index (κ3) is 1.44. The number of carboxylic acids is 1.